The molecule has 12 heteroatoms. The van der Waals surface area contributed by atoms with E-state index in [-0.39, 0.29) is 0 Å². The van der Waals surface area contributed by atoms with Crippen molar-refractivity contribution in [3.8, 4) is 0 Å². The van der Waals surface area contributed by atoms with Crippen LogP contribution in [-0.4, -0.2) is 89.5 Å². The average Bonchev–Trinajstić information content (AvgIpc) is 3.31. The number of carbonyl (C=O) groups excluding carboxylic acids is 3. The zero-order valence-electron chi connectivity index (χ0n) is 20.2. The highest BCUT2D eigenvalue weighted by molar-refractivity contribution is 7.98. The molecular weight excluding hydrogens is 460 g/mol. The predicted molar refractivity (Wildman–Crippen MR) is 133 cm³/mol. The summed E-state index contributed by atoms with van der Waals surface area (Å²) in [5, 5.41) is 14.9. The summed E-state index contributed by atoms with van der Waals surface area (Å²) in [6, 6.07) is -3.37. The third kappa shape index (κ3) is 10.2. The maximum absolute atomic E-state index is 13.2. The van der Waals surface area contributed by atoms with Gasteiger partial charge in [0.25, 0.3) is 0 Å². The molecule has 1 aliphatic rings. The number of nitrogens with zero attached hydrogens (tertiary/aromatic N) is 1. The second kappa shape index (κ2) is 16.7. The lowest BCUT2D eigenvalue weighted by molar-refractivity contribution is -0.149. The van der Waals surface area contributed by atoms with Gasteiger partial charge < -0.3 is 37.8 Å². The molecule has 4 unspecified atom stereocenters. The van der Waals surface area contributed by atoms with Crippen LogP contribution in [0.4, 0.5) is 0 Å². The van der Waals surface area contributed by atoms with E-state index in [0.717, 1.165) is 6.42 Å². The highest BCUT2D eigenvalue weighted by Crippen LogP contribution is 2.20. The van der Waals surface area contributed by atoms with Crippen LogP contribution in [-0.2, 0) is 19.2 Å². The van der Waals surface area contributed by atoms with Crippen molar-refractivity contribution in [1.29, 1.82) is 0 Å². The Hall–Kier alpha value is -1.89. The molecule has 0 aliphatic carbocycles. The summed E-state index contributed by atoms with van der Waals surface area (Å²) in [6.45, 7) is 1.32. The van der Waals surface area contributed by atoms with Crippen molar-refractivity contribution in [2.45, 2.75) is 82.0 Å². The molecule has 1 rings (SSSR count). The number of rotatable bonds is 17. The fraction of sp³-hybridized carbons (Fsp3) is 0.818. The highest BCUT2D eigenvalue weighted by Gasteiger charge is 2.38. The molecular formula is C22H42N6O5S. The first-order valence-corrected chi connectivity index (χ1v) is 13.4. The Balaban J connectivity index is 2.90. The number of nitrogens with one attached hydrogen (secondary N) is 2. The molecule has 0 aromatic heterocycles. The van der Waals surface area contributed by atoms with E-state index in [0.29, 0.717) is 76.8 Å². The minimum absolute atomic E-state index is 0.343. The average molecular weight is 503 g/mol. The van der Waals surface area contributed by atoms with E-state index in [1.54, 1.807) is 0 Å². The molecule has 0 aromatic rings. The van der Waals surface area contributed by atoms with Crippen LogP contribution in [0.15, 0.2) is 0 Å². The Morgan fingerprint density at radius 1 is 0.971 bits per heavy atom. The predicted octanol–water partition coefficient (Wildman–Crippen LogP) is -0.630. The smallest absolute Gasteiger partial charge is 0.326 e. The Morgan fingerprint density at radius 2 is 1.59 bits per heavy atom. The molecule has 3 amide bonds. The summed E-state index contributed by atoms with van der Waals surface area (Å²) < 4.78 is 0. The molecule has 11 nitrogen and oxygen atoms in total. The third-order valence-electron chi connectivity index (χ3n) is 5.93. The summed E-state index contributed by atoms with van der Waals surface area (Å²) in [6.07, 6.45) is 6.83. The van der Waals surface area contributed by atoms with Crippen LogP contribution in [0.3, 0.4) is 0 Å². The minimum Gasteiger partial charge on any atom is -0.480 e. The van der Waals surface area contributed by atoms with Crippen molar-refractivity contribution < 1.29 is 24.3 Å². The molecule has 4 atom stereocenters. The number of hydrogen-bond acceptors (Lipinski definition) is 8. The van der Waals surface area contributed by atoms with Gasteiger partial charge in [-0.25, -0.2) is 4.79 Å². The Kier molecular flexibility index (Phi) is 14.8. The van der Waals surface area contributed by atoms with Crippen LogP contribution in [0.25, 0.3) is 0 Å². The first-order valence-electron chi connectivity index (χ1n) is 12.0. The lowest BCUT2D eigenvalue weighted by atomic mass is 10.0. The van der Waals surface area contributed by atoms with Crippen molar-refractivity contribution in [2.24, 2.45) is 17.2 Å². The summed E-state index contributed by atoms with van der Waals surface area (Å²) in [5.41, 5.74) is 17.0. The summed E-state index contributed by atoms with van der Waals surface area (Å²) in [7, 11) is 0. The molecule has 0 radical (unpaired) electrons. The number of carboxylic acids is 1. The Labute approximate surface area is 206 Å². The van der Waals surface area contributed by atoms with Crippen LogP contribution >= 0.6 is 11.8 Å². The maximum Gasteiger partial charge on any atom is 0.326 e. The Bertz CT molecular complexity index is 668. The van der Waals surface area contributed by atoms with Crippen molar-refractivity contribution in [3.63, 3.8) is 0 Å². The monoisotopic (exact) mass is 502 g/mol. The number of nitrogens with two attached hydrogens (primary N) is 3. The number of hydrogen-bond donors (Lipinski definition) is 6. The number of carbonyl (C=O) groups is 4. The standard InChI is InChI=1S/C22H42N6O5S/c1-34-14-10-17(21(31)28-13-6-9-18(28)22(32)33)27-20(30)16(8-3-5-12-24)26-19(29)15(25)7-2-4-11-23/h15-18H,2-14,23-25H2,1H3,(H,26,29)(H,27,30)(H,32,33). The largest absolute Gasteiger partial charge is 0.480 e. The van der Waals surface area contributed by atoms with Gasteiger partial charge in [0.1, 0.15) is 18.1 Å². The van der Waals surface area contributed by atoms with Crippen LogP contribution < -0.4 is 27.8 Å². The molecule has 1 fully saturated rings. The van der Waals surface area contributed by atoms with Crippen molar-refractivity contribution >= 4 is 35.5 Å². The summed E-state index contributed by atoms with van der Waals surface area (Å²) >= 11 is 1.53. The zero-order chi connectivity index (χ0) is 25.5. The van der Waals surface area contributed by atoms with Crippen LogP contribution in [0.2, 0.25) is 0 Å². The lowest BCUT2D eigenvalue weighted by Gasteiger charge is -2.29. The van der Waals surface area contributed by atoms with Crippen molar-refractivity contribution in [2.75, 3.05) is 31.6 Å². The van der Waals surface area contributed by atoms with Gasteiger partial charge in [-0.15, -0.1) is 0 Å². The summed E-state index contributed by atoms with van der Waals surface area (Å²) in [5.74, 6) is -1.75. The van der Waals surface area contributed by atoms with E-state index in [9.17, 15) is 24.3 Å². The molecule has 1 aliphatic heterocycles. The number of thioether (sulfide) groups is 1. The van der Waals surface area contributed by atoms with Gasteiger partial charge in [-0.05, 0) is 76.5 Å². The van der Waals surface area contributed by atoms with Gasteiger partial charge in [0.15, 0.2) is 0 Å². The van der Waals surface area contributed by atoms with Crippen molar-refractivity contribution in [3.05, 3.63) is 0 Å². The Morgan fingerprint density at radius 3 is 2.18 bits per heavy atom. The first kappa shape index (κ1) is 30.1. The van der Waals surface area contributed by atoms with E-state index >= 15 is 0 Å². The summed E-state index contributed by atoms with van der Waals surface area (Å²) in [4.78, 5) is 51.8. The maximum atomic E-state index is 13.2. The topological polar surface area (TPSA) is 194 Å². The normalized spacial score (nSPS) is 18.2. The van der Waals surface area contributed by atoms with Gasteiger partial charge in [-0.2, -0.15) is 11.8 Å². The van der Waals surface area contributed by atoms with Gasteiger partial charge >= 0.3 is 5.97 Å². The van der Waals surface area contributed by atoms with Crippen LogP contribution in [0, 0.1) is 0 Å². The molecule has 0 bridgehead atoms. The van der Waals surface area contributed by atoms with Gasteiger partial charge in [-0.3, -0.25) is 14.4 Å². The van der Waals surface area contributed by atoms with Crippen molar-refractivity contribution in [1.82, 2.24) is 15.5 Å². The first-order chi connectivity index (χ1) is 16.3. The number of amides is 3. The van der Waals surface area contributed by atoms with Crippen LogP contribution in [0.1, 0.15) is 57.8 Å². The SMILES string of the molecule is CSCCC(NC(=O)C(CCCCN)NC(=O)C(N)CCCCN)C(=O)N1CCCC1C(=O)O. The van der Waals surface area contributed by atoms with E-state index in [1.165, 1.54) is 16.7 Å². The van der Waals surface area contributed by atoms with Gasteiger partial charge in [0, 0.05) is 6.54 Å². The van der Waals surface area contributed by atoms with E-state index in [1.807, 2.05) is 6.26 Å². The molecule has 0 aromatic carbocycles. The number of aliphatic carboxylic acids is 1. The number of likely N-dealkylation sites (tertiary alicyclic amines) is 1. The second-order valence-corrected chi connectivity index (χ2v) is 9.59. The lowest BCUT2D eigenvalue weighted by Crippen LogP contribution is -2.57. The minimum atomic E-state index is -1.05. The van der Waals surface area contributed by atoms with E-state index < -0.39 is 47.9 Å². The molecule has 34 heavy (non-hydrogen) atoms. The quantitative estimate of drug-likeness (QED) is 0.140. The molecule has 1 heterocycles. The van der Waals surface area contributed by atoms with E-state index in [4.69, 9.17) is 17.2 Å². The molecule has 0 saturated carbocycles. The van der Waals surface area contributed by atoms with Gasteiger partial charge in [-0.1, -0.05) is 6.42 Å². The second-order valence-electron chi connectivity index (χ2n) is 8.61. The number of carboxylic acid groups (broad SMARTS) is 1. The zero-order valence-corrected chi connectivity index (χ0v) is 21.0. The molecule has 196 valence electrons. The van der Waals surface area contributed by atoms with Gasteiger partial charge in [0.2, 0.25) is 17.7 Å². The fourth-order valence-corrected chi connectivity index (χ4v) is 4.40. The van der Waals surface area contributed by atoms with Gasteiger partial charge in [0.05, 0.1) is 6.04 Å². The third-order valence-corrected chi connectivity index (χ3v) is 6.58. The van der Waals surface area contributed by atoms with Crippen LogP contribution in [0.5, 0.6) is 0 Å². The molecule has 9 N–H and O–H groups in total. The molecule has 0 spiro atoms. The molecule has 1 saturated heterocycles. The van der Waals surface area contributed by atoms with E-state index in [2.05, 4.69) is 10.6 Å². The number of unbranched alkanes of at least 4 members (excludes halogenated alkanes) is 2. The fourth-order valence-electron chi connectivity index (χ4n) is 3.93. The highest BCUT2D eigenvalue weighted by atomic mass is 32.2.